The quantitative estimate of drug-likeness (QED) is 0.565. The molecule has 0 unspecified atom stereocenters. The molecule has 0 fully saturated rings. The van der Waals surface area contributed by atoms with Gasteiger partial charge in [-0.05, 0) is 31.9 Å². The number of rotatable bonds is 0. The van der Waals surface area contributed by atoms with Gasteiger partial charge in [-0.15, -0.1) is 0 Å². The van der Waals surface area contributed by atoms with Crippen LogP contribution in [0.25, 0.3) is 0 Å². The van der Waals surface area contributed by atoms with E-state index in [0.29, 0.717) is 10.4 Å². The van der Waals surface area contributed by atoms with Crippen LogP contribution in [0.15, 0.2) is 10.9 Å². The Balaban J connectivity index is 3.59. The molecular weight excluding hydrogens is 142 g/mol. The fourth-order valence-corrected chi connectivity index (χ4v) is 0.964. The fraction of sp³-hybridized carbons (Fsp3) is 0.375. The van der Waals surface area contributed by atoms with Crippen LogP contribution < -0.4 is 5.56 Å². The van der Waals surface area contributed by atoms with Crippen molar-refractivity contribution in [1.29, 1.82) is 0 Å². The van der Waals surface area contributed by atoms with Gasteiger partial charge in [-0.1, -0.05) is 0 Å². The molecule has 0 saturated carbocycles. The maximum absolute atomic E-state index is 10.9. The lowest BCUT2D eigenvalue weighted by atomic mass is 10.1. The zero-order valence-electron chi connectivity index (χ0n) is 6.88. The smallest absolute Gasteiger partial charge is 0.283 e. The van der Waals surface area contributed by atoms with E-state index in [9.17, 15) is 4.79 Å². The lowest BCUT2D eigenvalue weighted by molar-refractivity contribution is 0.167. The van der Waals surface area contributed by atoms with E-state index in [1.165, 1.54) is 6.07 Å². The maximum Gasteiger partial charge on any atom is 0.283 e. The van der Waals surface area contributed by atoms with Crippen LogP contribution in [0.3, 0.4) is 0 Å². The Bertz CT molecular complexity index is 339. The van der Waals surface area contributed by atoms with E-state index in [0.717, 1.165) is 11.1 Å². The summed E-state index contributed by atoms with van der Waals surface area (Å²) >= 11 is 0. The summed E-state index contributed by atoms with van der Waals surface area (Å²) in [6.07, 6.45) is 0. The molecule has 1 N–H and O–H groups in total. The number of hydrogen-bond acceptors (Lipinski definition) is 2. The summed E-state index contributed by atoms with van der Waals surface area (Å²) in [6.45, 7) is 5.43. The first-order valence-electron chi connectivity index (χ1n) is 3.43. The lowest BCUT2D eigenvalue weighted by Crippen LogP contribution is -2.20. The molecule has 3 heteroatoms. The van der Waals surface area contributed by atoms with Gasteiger partial charge in [-0.3, -0.25) is 4.79 Å². The highest BCUT2D eigenvalue weighted by Crippen LogP contribution is 2.06. The minimum absolute atomic E-state index is 0.370. The molecule has 1 aromatic rings. The average molecular weight is 153 g/mol. The van der Waals surface area contributed by atoms with Gasteiger partial charge in [0.25, 0.3) is 5.56 Å². The van der Waals surface area contributed by atoms with Crippen LogP contribution in [0.5, 0.6) is 0 Å². The third kappa shape index (κ3) is 1.13. The molecule has 0 spiro atoms. The topological polar surface area (TPSA) is 42.2 Å². The van der Waals surface area contributed by atoms with Gasteiger partial charge >= 0.3 is 0 Å². The Morgan fingerprint density at radius 3 is 2.45 bits per heavy atom. The lowest BCUT2D eigenvalue weighted by Gasteiger charge is -2.06. The summed E-state index contributed by atoms with van der Waals surface area (Å²) in [5.41, 5.74) is 2.10. The van der Waals surface area contributed by atoms with Gasteiger partial charge in [-0.2, -0.15) is 4.73 Å². The average Bonchev–Trinajstić information content (AvgIpc) is 1.97. The van der Waals surface area contributed by atoms with Crippen molar-refractivity contribution in [1.82, 2.24) is 4.73 Å². The van der Waals surface area contributed by atoms with Crippen molar-refractivity contribution in [3.63, 3.8) is 0 Å². The highest BCUT2D eigenvalue weighted by Gasteiger charge is 2.03. The molecule has 0 atom stereocenters. The summed E-state index contributed by atoms with van der Waals surface area (Å²) in [7, 11) is 0. The Morgan fingerprint density at radius 1 is 1.36 bits per heavy atom. The van der Waals surface area contributed by atoms with Gasteiger partial charge in [0.05, 0.1) is 5.69 Å². The van der Waals surface area contributed by atoms with E-state index < -0.39 is 0 Å². The van der Waals surface area contributed by atoms with Gasteiger partial charge in [0.2, 0.25) is 0 Å². The van der Waals surface area contributed by atoms with Crippen molar-refractivity contribution in [2.45, 2.75) is 20.8 Å². The van der Waals surface area contributed by atoms with E-state index >= 15 is 0 Å². The van der Waals surface area contributed by atoms with Crippen molar-refractivity contribution in [2.24, 2.45) is 0 Å². The summed E-state index contributed by atoms with van der Waals surface area (Å²) in [5, 5.41) is 9.12. The van der Waals surface area contributed by atoms with E-state index in [4.69, 9.17) is 5.21 Å². The van der Waals surface area contributed by atoms with Crippen molar-refractivity contribution in [2.75, 3.05) is 0 Å². The number of hydrogen-bond donors (Lipinski definition) is 1. The predicted octanol–water partition coefficient (Wildman–Crippen LogP) is 1.01. The van der Waals surface area contributed by atoms with Gasteiger partial charge in [0.1, 0.15) is 0 Å². The molecule has 0 saturated heterocycles. The zero-order chi connectivity index (χ0) is 8.59. The first-order valence-corrected chi connectivity index (χ1v) is 3.43. The van der Waals surface area contributed by atoms with Crippen LogP contribution in [0.2, 0.25) is 0 Å². The second-order valence-corrected chi connectivity index (χ2v) is 2.69. The van der Waals surface area contributed by atoms with Crippen LogP contribution in [0.1, 0.15) is 16.8 Å². The molecule has 1 aromatic heterocycles. The van der Waals surface area contributed by atoms with Crippen molar-refractivity contribution < 1.29 is 5.21 Å². The molecule has 0 aromatic carbocycles. The highest BCUT2D eigenvalue weighted by molar-refractivity contribution is 5.26. The predicted molar refractivity (Wildman–Crippen MR) is 42.1 cm³/mol. The molecule has 11 heavy (non-hydrogen) atoms. The molecule has 0 aliphatic carbocycles. The van der Waals surface area contributed by atoms with Gasteiger partial charge in [-0.25, -0.2) is 0 Å². The third-order valence-corrected chi connectivity index (χ3v) is 2.00. The highest BCUT2D eigenvalue weighted by atomic mass is 16.5. The van der Waals surface area contributed by atoms with Crippen molar-refractivity contribution >= 4 is 0 Å². The first-order chi connectivity index (χ1) is 5.04. The molecule has 0 radical (unpaired) electrons. The van der Waals surface area contributed by atoms with Gasteiger partial charge in [0, 0.05) is 6.07 Å². The number of aromatic nitrogens is 1. The summed E-state index contributed by atoms with van der Waals surface area (Å²) in [4.78, 5) is 10.9. The maximum atomic E-state index is 10.9. The SMILES string of the molecule is Cc1cc(=O)n(O)c(C)c1C. The minimum atomic E-state index is -0.370. The third-order valence-electron chi connectivity index (χ3n) is 2.00. The van der Waals surface area contributed by atoms with E-state index in [1.807, 2.05) is 13.8 Å². The molecule has 0 aliphatic heterocycles. The number of aryl methyl sites for hydroxylation is 1. The second kappa shape index (κ2) is 2.42. The Kier molecular flexibility index (Phi) is 1.72. The normalized spacial score (nSPS) is 10.1. The van der Waals surface area contributed by atoms with E-state index in [2.05, 4.69) is 0 Å². The molecule has 0 amide bonds. The molecule has 1 heterocycles. The molecule has 60 valence electrons. The fourth-order valence-electron chi connectivity index (χ4n) is 0.964. The second-order valence-electron chi connectivity index (χ2n) is 2.69. The largest absolute Gasteiger partial charge is 0.425 e. The van der Waals surface area contributed by atoms with Crippen molar-refractivity contribution in [3.05, 3.63) is 33.2 Å². The van der Waals surface area contributed by atoms with E-state index in [1.54, 1.807) is 6.92 Å². The van der Waals surface area contributed by atoms with Crippen LogP contribution >= 0.6 is 0 Å². The monoisotopic (exact) mass is 153 g/mol. The molecule has 0 bridgehead atoms. The first kappa shape index (κ1) is 7.85. The minimum Gasteiger partial charge on any atom is -0.425 e. The van der Waals surface area contributed by atoms with Gasteiger partial charge < -0.3 is 5.21 Å². The van der Waals surface area contributed by atoms with Gasteiger partial charge in [0.15, 0.2) is 0 Å². The number of nitrogens with zero attached hydrogens (tertiary/aromatic N) is 1. The van der Waals surface area contributed by atoms with Crippen molar-refractivity contribution in [3.8, 4) is 0 Å². The zero-order valence-corrected chi connectivity index (χ0v) is 6.88. The van der Waals surface area contributed by atoms with Crippen LogP contribution in [-0.4, -0.2) is 9.94 Å². The van der Waals surface area contributed by atoms with Crippen LogP contribution in [0.4, 0.5) is 0 Å². The molecule has 0 aliphatic rings. The van der Waals surface area contributed by atoms with Crippen LogP contribution in [-0.2, 0) is 0 Å². The summed E-state index contributed by atoms with van der Waals surface area (Å²) < 4.78 is 0.669. The molecule has 1 rings (SSSR count). The summed E-state index contributed by atoms with van der Waals surface area (Å²) in [6, 6.07) is 1.42. The molecular formula is C8H11NO2. The van der Waals surface area contributed by atoms with E-state index in [-0.39, 0.29) is 5.56 Å². The molecule has 3 nitrogen and oxygen atoms in total. The standard InChI is InChI=1S/C8H11NO2/c1-5-4-8(10)9(11)7(3)6(5)2/h4,11H,1-3H3. The Labute approximate surface area is 64.9 Å². The summed E-state index contributed by atoms with van der Waals surface area (Å²) in [5.74, 6) is 0. The Hall–Kier alpha value is -1.25. The van der Waals surface area contributed by atoms with Crippen LogP contribution in [0, 0.1) is 20.8 Å². The Morgan fingerprint density at radius 2 is 1.91 bits per heavy atom. The number of pyridine rings is 1.